The molecule has 0 atom stereocenters. The Labute approximate surface area is 205 Å². The monoisotopic (exact) mass is 466 g/mol. The number of nitrogens with zero attached hydrogens (tertiary/aromatic N) is 4. The largest absolute Gasteiger partial charge is 0.508 e. The highest BCUT2D eigenvalue weighted by Crippen LogP contribution is 2.35. The van der Waals surface area contributed by atoms with E-state index in [1.807, 2.05) is 24.3 Å². The predicted molar refractivity (Wildman–Crippen MR) is 141 cm³/mol. The first-order valence-electron chi connectivity index (χ1n) is 12.0. The van der Waals surface area contributed by atoms with Crippen molar-refractivity contribution in [2.24, 2.45) is 0 Å². The van der Waals surface area contributed by atoms with Crippen LogP contribution in [0.15, 0.2) is 67.3 Å². The zero-order valence-electron chi connectivity index (χ0n) is 20.2. The third-order valence-corrected chi connectivity index (χ3v) is 6.70. The SMILES string of the molecule is C=CC(=O)N1CC(c2nc(CCCN(C)C)c3cc(-c4cc(O)cc5ccccc45)ccc3n2)C1. The quantitative estimate of drug-likeness (QED) is 0.398. The number of phenolic OH excluding ortho intramolecular Hbond substituents is 1. The molecule has 5 rings (SSSR count). The van der Waals surface area contributed by atoms with Crippen LogP contribution in [-0.2, 0) is 11.2 Å². The second kappa shape index (κ2) is 9.47. The fraction of sp³-hybridized carbons (Fsp3) is 0.276. The molecule has 0 saturated carbocycles. The first-order valence-corrected chi connectivity index (χ1v) is 12.0. The minimum Gasteiger partial charge on any atom is -0.508 e. The number of benzene rings is 3. The zero-order valence-corrected chi connectivity index (χ0v) is 20.2. The van der Waals surface area contributed by atoms with Crippen LogP contribution in [0.3, 0.4) is 0 Å². The lowest BCUT2D eigenvalue weighted by molar-refractivity contribution is -0.130. The van der Waals surface area contributed by atoms with Gasteiger partial charge in [0.1, 0.15) is 11.6 Å². The minimum absolute atomic E-state index is 0.0452. The summed E-state index contributed by atoms with van der Waals surface area (Å²) in [7, 11) is 4.16. The van der Waals surface area contributed by atoms with Crippen molar-refractivity contribution in [3.8, 4) is 16.9 Å². The molecule has 0 spiro atoms. The Balaban J connectivity index is 1.56. The van der Waals surface area contributed by atoms with E-state index in [1.165, 1.54) is 6.08 Å². The van der Waals surface area contributed by atoms with Gasteiger partial charge >= 0.3 is 0 Å². The van der Waals surface area contributed by atoms with Crippen LogP contribution in [0.4, 0.5) is 0 Å². The summed E-state index contributed by atoms with van der Waals surface area (Å²) in [5, 5.41) is 13.5. The molecule has 1 saturated heterocycles. The van der Waals surface area contributed by atoms with Gasteiger partial charge in [-0.3, -0.25) is 4.79 Å². The van der Waals surface area contributed by atoms with Gasteiger partial charge in [0, 0.05) is 18.5 Å². The maximum atomic E-state index is 11.9. The molecule has 6 nitrogen and oxygen atoms in total. The molecule has 1 aliphatic heterocycles. The molecule has 6 heteroatoms. The van der Waals surface area contributed by atoms with Gasteiger partial charge in [0.15, 0.2) is 0 Å². The van der Waals surface area contributed by atoms with Crippen LogP contribution in [0.5, 0.6) is 5.75 Å². The molecule has 1 amide bonds. The van der Waals surface area contributed by atoms with E-state index >= 15 is 0 Å². The second-order valence-electron chi connectivity index (χ2n) is 9.53. The van der Waals surface area contributed by atoms with Crippen molar-refractivity contribution in [1.29, 1.82) is 0 Å². The fourth-order valence-corrected chi connectivity index (χ4v) is 4.80. The molecule has 0 unspecified atom stereocenters. The maximum Gasteiger partial charge on any atom is 0.246 e. The van der Waals surface area contributed by atoms with Crippen molar-refractivity contribution in [2.45, 2.75) is 18.8 Å². The van der Waals surface area contributed by atoms with Crippen molar-refractivity contribution < 1.29 is 9.90 Å². The highest BCUT2D eigenvalue weighted by molar-refractivity contribution is 6.00. The van der Waals surface area contributed by atoms with Crippen molar-refractivity contribution in [3.63, 3.8) is 0 Å². The third-order valence-electron chi connectivity index (χ3n) is 6.70. The molecular weight excluding hydrogens is 436 g/mol. The van der Waals surface area contributed by atoms with Crippen molar-refractivity contribution in [1.82, 2.24) is 19.8 Å². The van der Waals surface area contributed by atoms with Crippen LogP contribution in [0.2, 0.25) is 0 Å². The summed E-state index contributed by atoms with van der Waals surface area (Å²) < 4.78 is 0. The average molecular weight is 467 g/mol. The lowest BCUT2D eigenvalue weighted by Crippen LogP contribution is -2.48. The van der Waals surface area contributed by atoms with E-state index in [0.29, 0.717) is 13.1 Å². The van der Waals surface area contributed by atoms with E-state index in [-0.39, 0.29) is 17.6 Å². The molecule has 2 heterocycles. The van der Waals surface area contributed by atoms with Crippen molar-refractivity contribution >= 4 is 27.6 Å². The van der Waals surface area contributed by atoms with Crippen molar-refractivity contribution in [3.05, 3.63) is 78.8 Å². The lowest BCUT2D eigenvalue weighted by Gasteiger charge is -2.37. The molecule has 178 valence electrons. The Kier molecular flexibility index (Phi) is 6.22. The fourth-order valence-electron chi connectivity index (χ4n) is 4.80. The smallest absolute Gasteiger partial charge is 0.246 e. The second-order valence-corrected chi connectivity index (χ2v) is 9.53. The van der Waals surface area contributed by atoms with Crippen LogP contribution in [0.25, 0.3) is 32.8 Å². The molecule has 0 bridgehead atoms. The average Bonchev–Trinajstić information content (AvgIpc) is 2.82. The molecule has 1 fully saturated rings. The number of fused-ring (bicyclic) bond motifs is 2. The van der Waals surface area contributed by atoms with Gasteiger partial charge in [-0.1, -0.05) is 36.9 Å². The van der Waals surface area contributed by atoms with Crippen molar-refractivity contribution in [2.75, 3.05) is 33.7 Å². The lowest BCUT2D eigenvalue weighted by atomic mass is 9.95. The van der Waals surface area contributed by atoms with Gasteiger partial charge in [-0.05, 0) is 85.7 Å². The number of likely N-dealkylation sites (tertiary alicyclic amines) is 1. The van der Waals surface area contributed by atoms with Crippen LogP contribution >= 0.6 is 0 Å². The van der Waals surface area contributed by atoms with E-state index in [9.17, 15) is 9.90 Å². The summed E-state index contributed by atoms with van der Waals surface area (Å²) in [4.78, 5) is 25.8. The Morgan fingerprint density at radius 2 is 1.91 bits per heavy atom. The van der Waals surface area contributed by atoms with Gasteiger partial charge in [-0.25, -0.2) is 9.97 Å². The number of rotatable bonds is 7. The number of carbonyl (C=O) groups excluding carboxylic acids is 1. The summed E-state index contributed by atoms with van der Waals surface area (Å²) >= 11 is 0. The molecule has 4 aromatic rings. The number of carbonyl (C=O) groups is 1. The Morgan fingerprint density at radius 1 is 1.11 bits per heavy atom. The molecule has 1 aromatic heterocycles. The van der Waals surface area contributed by atoms with Crippen LogP contribution in [-0.4, -0.2) is 64.5 Å². The highest BCUT2D eigenvalue weighted by atomic mass is 16.3. The van der Waals surface area contributed by atoms with Gasteiger partial charge in [0.2, 0.25) is 5.91 Å². The zero-order chi connectivity index (χ0) is 24.5. The van der Waals surface area contributed by atoms with E-state index in [2.05, 4.69) is 49.8 Å². The van der Waals surface area contributed by atoms with E-state index in [1.54, 1.807) is 11.0 Å². The normalized spacial score (nSPS) is 14.0. The third kappa shape index (κ3) is 4.62. The van der Waals surface area contributed by atoms with E-state index in [4.69, 9.17) is 9.97 Å². The summed E-state index contributed by atoms with van der Waals surface area (Å²) in [6.45, 7) is 5.81. The first kappa shape index (κ1) is 23.0. The number of phenols is 1. The number of hydrogen-bond acceptors (Lipinski definition) is 5. The molecule has 1 N–H and O–H groups in total. The number of aromatic nitrogens is 2. The Morgan fingerprint density at radius 3 is 2.69 bits per heavy atom. The predicted octanol–water partition coefficient (Wildman–Crippen LogP) is 4.76. The topological polar surface area (TPSA) is 69.6 Å². The number of aromatic hydroxyl groups is 1. The molecule has 3 aromatic carbocycles. The minimum atomic E-state index is -0.0452. The van der Waals surface area contributed by atoms with Gasteiger partial charge < -0.3 is 14.9 Å². The summed E-state index contributed by atoms with van der Waals surface area (Å²) in [6, 6.07) is 18.0. The summed E-state index contributed by atoms with van der Waals surface area (Å²) in [5.74, 6) is 1.16. The molecule has 0 aliphatic carbocycles. The maximum absolute atomic E-state index is 11.9. The standard InChI is InChI=1S/C29H30N4O2/c1-4-28(35)33-17-21(18-33)29-30-26(10-7-13-32(2)3)25-15-20(11-12-27(25)31-29)24-16-22(34)14-19-8-5-6-9-23(19)24/h4-6,8-9,11-12,14-16,21,34H,1,7,10,13,17-18H2,2-3H3. The highest BCUT2D eigenvalue weighted by Gasteiger charge is 2.33. The molecule has 35 heavy (non-hydrogen) atoms. The molecular formula is C29H30N4O2. The number of amides is 1. The van der Waals surface area contributed by atoms with Crippen LogP contribution < -0.4 is 0 Å². The van der Waals surface area contributed by atoms with Crippen LogP contribution in [0, 0.1) is 0 Å². The number of hydrogen-bond donors (Lipinski definition) is 1. The Hall–Kier alpha value is -3.77. The van der Waals surface area contributed by atoms with Crippen LogP contribution in [0.1, 0.15) is 23.9 Å². The first-order chi connectivity index (χ1) is 16.9. The van der Waals surface area contributed by atoms with E-state index in [0.717, 1.165) is 63.7 Å². The molecule has 0 radical (unpaired) electrons. The van der Waals surface area contributed by atoms with Gasteiger partial charge in [0.05, 0.1) is 17.1 Å². The summed E-state index contributed by atoms with van der Waals surface area (Å²) in [6.07, 6.45) is 3.19. The van der Waals surface area contributed by atoms with Gasteiger partial charge in [-0.15, -0.1) is 0 Å². The van der Waals surface area contributed by atoms with Gasteiger partial charge in [0.25, 0.3) is 0 Å². The Bertz CT molecular complexity index is 1420. The summed E-state index contributed by atoms with van der Waals surface area (Å²) in [5.41, 5.74) is 3.97. The number of aryl methyl sites for hydroxylation is 1. The van der Waals surface area contributed by atoms with Gasteiger partial charge in [-0.2, -0.15) is 0 Å². The van der Waals surface area contributed by atoms with E-state index < -0.39 is 0 Å². The molecule has 1 aliphatic rings.